The summed E-state index contributed by atoms with van der Waals surface area (Å²) in [7, 11) is -1.81. The van der Waals surface area contributed by atoms with Gasteiger partial charge in [0.1, 0.15) is 0 Å². The first kappa shape index (κ1) is 14.6. The van der Waals surface area contributed by atoms with Crippen molar-refractivity contribution in [2.75, 3.05) is 11.8 Å². The van der Waals surface area contributed by atoms with Gasteiger partial charge in [-0.2, -0.15) is 0 Å². The maximum Gasteiger partial charge on any atom is 0.236 e. The normalized spacial score (nSPS) is 11.2. The third-order valence-electron chi connectivity index (χ3n) is 2.71. The van der Waals surface area contributed by atoms with Gasteiger partial charge in [-0.05, 0) is 23.3 Å². The van der Waals surface area contributed by atoms with Crippen molar-refractivity contribution >= 4 is 15.7 Å². The Bertz CT molecular complexity index is 654. The first-order chi connectivity index (χ1) is 9.59. The summed E-state index contributed by atoms with van der Waals surface area (Å²) >= 11 is 0. The molecule has 4 nitrogen and oxygen atoms in total. The minimum Gasteiger partial charge on any atom is -0.380 e. The van der Waals surface area contributed by atoms with Crippen molar-refractivity contribution < 1.29 is 13.2 Å². The van der Waals surface area contributed by atoms with Gasteiger partial charge in [-0.3, -0.25) is 4.72 Å². The van der Waals surface area contributed by atoms with E-state index in [-0.39, 0.29) is 5.75 Å². The topological polar surface area (TPSA) is 55.4 Å². The summed E-state index contributed by atoms with van der Waals surface area (Å²) in [5.74, 6) is -0.0393. The van der Waals surface area contributed by atoms with Gasteiger partial charge < -0.3 is 4.74 Å². The van der Waals surface area contributed by atoms with Crippen molar-refractivity contribution in [1.82, 2.24) is 0 Å². The molecule has 20 heavy (non-hydrogen) atoms. The molecule has 0 fully saturated rings. The Labute approximate surface area is 119 Å². The Morgan fingerprint density at radius 2 is 1.70 bits per heavy atom. The summed E-state index contributed by atoms with van der Waals surface area (Å²) in [5.41, 5.74) is 2.23. The lowest BCUT2D eigenvalue weighted by molar-refractivity contribution is 0.185. The smallest absolute Gasteiger partial charge is 0.236 e. The molecule has 1 N–H and O–H groups in total. The number of hydrogen-bond donors (Lipinski definition) is 1. The van der Waals surface area contributed by atoms with Gasteiger partial charge in [0.2, 0.25) is 10.0 Å². The molecule has 0 atom stereocenters. The highest BCUT2D eigenvalue weighted by atomic mass is 32.2. The van der Waals surface area contributed by atoms with Gasteiger partial charge in [-0.15, -0.1) is 0 Å². The second-order valence-electron chi connectivity index (χ2n) is 4.48. The van der Waals surface area contributed by atoms with E-state index in [4.69, 9.17) is 4.74 Å². The predicted molar refractivity (Wildman–Crippen MR) is 79.8 cm³/mol. The number of anilines is 1. The van der Waals surface area contributed by atoms with Gasteiger partial charge in [0.15, 0.2) is 0 Å². The van der Waals surface area contributed by atoms with Gasteiger partial charge in [0.25, 0.3) is 0 Å². The lowest BCUT2D eigenvalue weighted by atomic mass is 10.2. The molecule has 0 saturated carbocycles. The van der Waals surface area contributed by atoms with E-state index in [0.717, 1.165) is 11.1 Å². The second-order valence-corrected chi connectivity index (χ2v) is 6.20. The molecule has 0 bridgehead atoms. The Kier molecular flexibility index (Phi) is 4.76. The molecule has 0 amide bonds. The fraction of sp³-hybridized carbons (Fsp3) is 0.200. The molecule has 0 aliphatic carbocycles. The number of sulfonamides is 1. The van der Waals surface area contributed by atoms with Crippen LogP contribution in [0.25, 0.3) is 0 Å². The molecule has 0 saturated heterocycles. The van der Waals surface area contributed by atoms with Gasteiger partial charge >= 0.3 is 0 Å². The van der Waals surface area contributed by atoms with Crippen molar-refractivity contribution in [2.24, 2.45) is 0 Å². The number of benzene rings is 2. The van der Waals surface area contributed by atoms with Crippen LogP contribution in [-0.4, -0.2) is 15.5 Å². The number of rotatable bonds is 6. The predicted octanol–water partition coefficient (Wildman–Crippen LogP) is 2.77. The lowest BCUT2D eigenvalue weighted by Crippen LogP contribution is -2.15. The van der Waals surface area contributed by atoms with Crippen molar-refractivity contribution in [1.29, 1.82) is 0 Å². The monoisotopic (exact) mass is 291 g/mol. The molecule has 0 radical (unpaired) electrons. The van der Waals surface area contributed by atoms with Crippen molar-refractivity contribution in [3.8, 4) is 0 Å². The molecule has 0 unspecified atom stereocenters. The average Bonchev–Trinajstić information content (AvgIpc) is 2.39. The molecule has 0 heterocycles. The highest BCUT2D eigenvalue weighted by molar-refractivity contribution is 7.91. The minimum atomic E-state index is -3.41. The summed E-state index contributed by atoms with van der Waals surface area (Å²) < 4.78 is 31.8. The van der Waals surface area contributed by atoms with Crippen LogP contribution < -0.4 is 4.72 Å². The standard InChI is InChI=1S/C15H17NO3S/c1-19-11-14-8-5-9-15(10-14)16-20(17,18)12-13-6-3-2-4-7-13/h2-10,16H,11-12H2,1H3. The maximum absolute atomic E-state index is 12.1. The Morgan fingerprint density at radius 3 is 2.40 bits per heavy atom. The molecule has 2 aromatic rings. The lowest BCUT2D eigenvalue weighted by Gasteiger charge is -2.09. The zero-order valence-electron chi connectivity index (χ0n) is 11.2. The third kappa shape index (κ3) is 4.36. The molecular formula is C15H17NO3S. The minimum absolute atomic E-state index is 0.0393. The Hall–Kier alpha value is -1.85. The maximum atomic E-state index is 12.1. The SMILES string of the molecule is COCc1cccc(NS(=O)(=O)Cc2ccccc2)c1. The van der Waals surface area contributed by atoms with Gasteiger partial charge in [-0.25, -0.2) is 8.42 Å². The van der Waals surface area contributed by atoms with E-state index in [1.54, 1.807) is 37.4 Å². The molecule has 106 valence electrons. The van der Waals surface area contributed by atoms with Crippen LogP contribution in [0.4, 0.5) is 5.69 Å². The largest absolute Gasteiger partial charge is 0.380 e. The number of methoxy groups -OCH3 is 1. The van der Waals surface area contributed by atoms with Crippen LogP contribution in [-0.2, 0) is 27.1 Å². The number of ether oxygens (including phenoxy) is 1. The van der Waals surface area contributed by atoms with Crippen molar-refractivity contribution in [3.63, 3.8) is 0 Å². The van der Waals surface area contributed by atoms with Crippen LogP contribution in [0.2, 0.25) is 0 Å². The van der Waals surface area contributed by atoms with Gasteiger partial charge in [0.05, 0.1) is 12.4 Å². The summed E-state index contributed by atoms with van der Waals surface area (Å²) in [5, 5.41) is 0. The van der Waals surface area contributed by atoms with E-state index in [2.05, 4.69) is 4.72 Å². The molecule has 5 heteroatoms. The van der Waals surface area contributed by atoms with Crippen LogP contribution in [0.1, 0.15) is 11.1 Å². The molecular weight excluding hydrogens is 274 g/mol. The highest BCUT2D eigenvalue weighted by Gasteiger charge is 2.11. The summed E-state index contributed by atoms with van der Waals surface area (Å²) in [6.07, 6.45) is 0. The van der Waals surface area contributed by atoms with Crippen LogP contribution in [0.5, 0.6) is 0 Å². The fourth-order valence-electron chi connectivity index (χ4n) is 1.90. The summed E-state index contributed by atoms with van der Waals surface area (Å²) in [6, 6.07) is 16.3. The van der Waals surface area contributed by atoms with Crippen LogP contribution >= 0.6 is 0 Å². The molecule has 0 aliphatic rings. The van der Waals surface area contributed by atoms with Gasteiger partial charge in [-0.1, -0.05) is 42.5 Å². The molecule has 0 aromatic heterocycles. The first-order valence-corrected chi connectivity index (χ1v) is 7.86. The third-order valence-corrected chi connectivity index (χ3v) is 3.97. The quantitative estimate of drug-likeness (QED) is 0.890. The van der Waals surface area contributed by atoms with E-state index in [1.165, 1.54) is 0 Å². The van der Waals surface area contributed by atoms with E-state index in [0.29, 0.717) is 12.3 Å². The van der Waals surface area contributed by atoms with Crippen molar-refractivity contribution in [3.05, 3.63) is 65.7 Å². The molecule has 0 aliphatic heterocycles. The van der Waals surface area contributed by atoms with E-state index in [9.17, 15) is 8.42 Å². The number of nitrogens with one attached hydrogen (secondary N) is 1. The number of hydrogen-bond acceptors (Lipinski definition) is 3. The van der Waals surface area contributed by atoms with Crippen LogP contribution in [0.3, 0.4) is 0 Å². The Balaban J connectivity index is 2.10. The molecule has 2 aromatic carbocycles. The molecule has 2 rings (SSSR count). The zero-order valence-corrected chi connectivity index (χ0v) is 12.1. The Morgan fingerprint density at radius 1 is 1.00 bits per heavy atom. The first-order valence-electron chi connectivity index (χ1n) is 6.21. The summed E-state index contributed by atoms with van der Waals surface area (Å²) in [6.45, 7) is 0.453. The zero-order chi connectivity index (χ0) is 14.4. The van der Waals surface area contributed by atoms with Crippen LogP contribution in [0, 0.1) is 0 Å². The average molecular weight is 291 g/mol. The fourth-order valence-corrected chi connectivity index (χ4v) is 3.09. The van der Waals surface area contributed by atoms with E-state index in [1.807, 2.05) is 24.3 Å². The summed E-state index contributed by atoms with van der Waals surface area (Å²) in [4.78, 5) is 0. The molecule has 0 spiro atoms. The second kappa shape index (κ2) is 6.54. The van der Waals surface area contributed by atoms with Gasteiger partial charge in [0, 0.05) is 12.8 Å². The van der Waals surface area contributed by atoms with E-state index >= 15 is 0 Å². The van der Waals surface area contributed by atoms with Crippen molar-refractivity contribution in [2.45, 2.75) is 12.4 Å². The van der Waals surface area contributed by atoms with Crippen LogP contribution in [0.15, 0.2) is 54.6 Å². The van der Waals surface area contributed by atoms with E-state index < -0.39 is 10.0 Å². The highest BCUT2D eigenvalue weighted by Crippen LogP contribution is 2.15.